The maximum absolute atomic E-state index is 7.64. The summed E-state index contributed by atoms with van der Waals surface area (Å²) >= 11 is 0. The van der Waals surface area contributed by atoms with E-state index in [-0.39, 0.29) is 13.4 Å². The van der Waals surface area contributed by atoms with Gasteiger partial charge < -0.3 is 43.9 Å². The van der Waals surface area contributed by atoms with E-state index in [9.17, 15) is 0 Å². The minimum Gasteiger partial charge on any atom is -0.458 e. The van der Waals surface area contributed by atoms with Gasteiger partial charge in [-0.2, -0.15) is 0 Å². The molecule has 0 N–H and O–H groups in total. The molecule has 12 heteroatoms. The van der Waals surface area contributed by atoms with E-state index in [0.717, 1.165) is 148 Å². The Labute approximate surface area is 775 Å². The fourth-order valence-corrected chi connectivity index (χ4v) is 23.3. The number of rotatable bonds is 14. The van der Waals surface area contributed by atoms with Crippen LogP contribution >= 0.6 is 0 Å². The number of aryl methyl sites for hydroxylation is 12. The molecular weight excluding hydrogens is 1600 g/mol. The third-order valence-corrected chi connectivity index (χ3v) is 28.7. The molecule has 0 aromatic heterocycles. The van der Waals surface area contributed by atoms with E-state index in [1.54, 1.807) is 0 Å². The first-order chi connectivity index (χ1) is 64.5. The standard InChI is InChI=1S/C120H97B3N8O/c1-74-38-32-39-75(2)115(74)129(116-76(3)40-33-41-77(116)4)91-64-105-112-106(65-91)125(87-52-20-14-21-53-87)101-72-103-98(70-96(101)121(112)94-60-28-30-62-100(94)124(105)86-50-18-13-19-51-86)123-99-71-97-102(128(90-58-26-17-27-59-90)109-68-93(69-111-114(109)122(97)95-61-29-31-63-110(95)132-111)131(119-82(9)46-36-47-83(119)10)120-84(11)48-37-49-85(120)12)73-104(99)127(89-56-24-16-25-57-89)108-67-92(66-107(113(108)123)126(103)88-54-22-15-23-55-88)130(117-78(5)42-34-43-79(117)6)118-80(7)44-35-45-81(118)8/h13-73H,1-12H3. The summed E-state index contributed by atoms with van der Waals surface area (Å²) in [5.41, 5.74) is 51.2. The highest BCUT2D eigenvalue weighted by Gasteiger charge is 2.52. The normalized spacial score (nSPS) is 13.1. The van der Waals surface area contributed by atoms with Gasteiger partial charge in [0, 0.05) is 91.4 Å². The van der Waals surface area contributed by atoms with E-state index in [0.29, 0.717) is 0 Å². The second-order valence-electron chi connectivity index (χ2n) is 36.9. The molecule has 132 heavy (non-hydrogen) atoms. The molecule has 18 aromatic carbocycles. The third-order valence-electron chi connectivity index (χ3n) is 28.7. The Bertz CT molecular complexity index is 7510. The van der Waals surface area contributed by atoms with E-state index in [1.807, 2.05) is 0 Å². The van der Waals surface area contributed by atoms with E-state index in [4.69, 9.17) is 4.74 Å². The van der Waals surface area contributed by atoms with Gasteiger partial charge in [0.25, 0.3) is 20.1 Å². The van der Waals surface area contributed by atoms with E-state index in [2.05, 4.69) is 492 Å². The molecule has 632 valence electrons. The van der Waals surface area contributed by atoms with Crippen LogP contribution in [0.2, 0.25) is 0 Å². The fraction of sp³-hybridized carbons (Fsp3) is 0.100. The van der Waals surface area contributed by atoms with Crippen LogP contribution < -0.4 is 93.1 Å². The van der Waals surface area contributed by atoms with Crippen molar-refractivity contribution in [2.24, 2.45) is 0 Å². The molecule has 6 aliphatic heterocycles. The van der Waals surface area contributed by atoms with E-state index >= 15 is 0 Å². The first-order valence-corrected chi connectivity index (χ1v) is 46.3. The number of para-hydroxylation sites is 13. The van der Waals surface area contributed by atoms with Crippen LogP contribution in [0.1, 0.15) is 66.8 Å². The number of nitrogens with zero attached hydrogens (tertiary/aromatic N) is 8. The van der Waals surface area contributed by atoms with Crippen LogP contribution in [0, 0.1) is 83.1 Å². The van der Waals surface area contributed by atoms with Crippen molar-refractivity contribution in [1.29, 1.82) is 0 Å². The van der Waals surface area contributed by atoms with Gasteiger partial charge in [-0.3, -0.25) is 0 Å². The van der Waals surface area contributed by atoms with Crippen LogP contribution in [-0.4, -0.2) is 20.1 Å². The smallest absolute Gasteiger partial charge is 0.256 e. The molecule has 9 nitrogen and oxygen atoms in total. The van der Waals surface area contributed by atoms with Gasteiger partial charge in [0.15, 0.2) is 0 Å². The molecule has 0 saturated heterocycles. The van der Waals surface area contributed by atoms with E-state index in [1.165, 1.54) is 116 Å². The summed E-state index contributed by atoms with van der Waals surface area (Å²) in [7, 11) is 0. The van der Waals surface area contributed by atoms with Crippen molar-refractivity contribution < 1.29 is 4.74 Å². The van der Waals surface area contributed by atoms with Crippen molar-refractivity contribution in [2.75, 3.05) is 39.2 Å². The van der Waals surface area contributed by atoms with Crippen molar-refractivity contribution in [3.8, 4) is 11.5 Å². The van der Waals surface area contributed by atoms with Crippen LogP contribution in [0.3, 0.4) is 0 Å². The van der Waals surface area contributed by atoms with Gasteiger partial charge in [-0.05, 0) is 314 Å². The molecule has 0 spiro atoms. The highest BCUT2D eigenvalue weighted by atomic mass is 16.5. The zero-order valence-electron chi connectivity index (χ0n) is 76.4. The summed E-state index contributed by atoms with van der Waals surface area (Å²) in [6, 6.07) is 140. The van der Waals surface area contributed by atoms with Crippen LogP contribution in [0.15, 0.2) is 370 Å². The third kappa shape index (κ3) is 12.2. The summed E-state index contributed by atoms with van der Waals surface area (Å²) in [5.74, 6) is 1.67. The second-order valence-corrected chi connectivity index (χ2v) is 36.9. The summed E-state index contributed by atoms with van der Waals surface area (Å²) in [6.45, 7) is 26.3. The SMILES string of the molecule is Cc1cccc(C)c1N(c1cc2c3c(c1)N(c1ccccc1)c1cc4c(cc1B3c1ccccc1O2)B1c2cc3c(cc2N(c2ccccc2)c2cc(N(c5c(C)cccc5C)c5c(C)cccc5C)cc(c21)N4c1ccccc1)N(c1ccccc1)c1cc(N(c2c(C)cccc2C)c2c(C)cccc2C)cc2c1B3c1ccccc1N2c1ccccc1)c1c(C)cccc1C. The summed E-state index contributed by atoms with van der Waals surface area (Å²) < 4.78 is 7.64. The van der Waals surface area contributed by atoms with Gasteiger partial charge in [0.05, 0.1) is 51.2 Å². The highest BCUT2D eigenvalue weighted by Crippen LogP contribution is 2.57. The number of benzene rings is 18. The second kappa shape index (κ2) is 31.1. The number of ether oxygens (including phenoxy) is 1. The Morgan fingerprint density at radius 2 is 0.402 bits per heavy atom. The number of anilines is 24. The van der Waals surface area contributed by atoms with Crippen molar-refractivity contribution in [3.05, 3.63) is 437 Å². The van der Waals surface area contributed by atoms with Gasteiger partial charge in [-0.1, -0.05) is 249 Å². The Kier molecular flexibility index (Phi) is 18.8. The van der Waals surface area contributed by atoms with Gasteiger partial charge in [0.1, 0.15) is 11.5 Å². The highest BCUT2D eigenvalue weighted by molar-refractivity contribution is 7.04. The van der Waals surface area contributed by atoms with Gasteiger partial charge in [-0.15, -0.1) is 0 Å². The molecule has 24 rings (SSSR count). The Morgan fingerprint density at radius 1 is 0.174 bits per heavy atom. The molecule has 0 fully saturated rings. The molecule has 6 aliphatic rings. The molecule has 18 aromatic rings. The number of fused-ring (bicyclic) bond motifs is 12. The first kappa shape index (κ1) is 79.7. The molecule has 0 amide bonds. The number of hydrogen-bond donors (Lipinski definition) is 0. The molecule has 6 heterocycles. The summed E-state index contributed by atoms with van der Waals surface area (Å²) in [4.78, 5) is 20.8. The average molecular weight is 1700 g/mol. The first-order valence-electron chi connectivity index (χ1n) is 46.3. The maximum Gasteiger partial charge on any atom is 0.256 e. The lowest BCUT2D eigenvalue weighted by Gasteiger charge is -2.48. The molecule has 0 aliphatic carbocycles. The molecule has 0 atom stereocenters. The van der Waals surface area contributed by atoms with Gasteiger partial charge >= 0.3 is 0 Å². The molecule has 0 bridgehead atoms. The fourth-order valence-electron chi connectivity index (χ4n) is 23.3. The topological polar surface area (TPSA) is 35.2 Å². The average Bonchev–Trinajstić information content (AvgIpc) is 0.675. The molecule has 0 radical (unpaired) electrons. The predicted molar refractivity (Wildman–Crippen MR) is 561 cm³/mol. The van der Waals surface area contributed by atoms with E-state index < -0.39 is 6.71 Å². The molecule has 0 unspecified atom stereocenters. The lowest BCUT2D eigenvalue weighted by molar-refractivity contribution is 0.487. The van der Waals surface area contributed by atoms with Gasteiger partial charge in [-0.25, -0.2) is 0 Å². The largest absolute Gasteiger partial charge is 0.458 e. The zero-order valence-corrected chi connectivity index (χ0v) is 76.4. The Hall–Kier alpha value is -15.6. The van der Waals surface area contributed by atoms with Gasteiger partial charge in [0.2, 0.25) is 0 Å². The molecule has 0 saturated carbocycles. The minimum atomic E-state index is -0.401. The van der Waals surface area contributed by atoms with Crippen LogP contribution in [0.4, 0.5) is 136 Å². The predicted octanol–water partition coefficient (Wildman–Crippen LogP) is 26.4. The monoisotopic (exact) mass is 1700 g/mol. The van der Waals surface area contributed by atoms with Crippen LogP contribution in [0.25, 0.3) is 0 Å². The quantitative estimate of drug-likeness (QED) is 0.0990. The summed E-state index contributed by atoms with van der Waals surface area (Å²) in [5, 5.41) is 0. The maximum atomic E-state index is 7.64. The lowest BCUT2D eigenvalue weighted by atomic mass is 9.29. The van der Waals surface area contributed by atoms with Crippen molar-refractivity contribution in [3.63, 3.8) is 0 Å². The van der Waals surface area contributed by atoms with Crippen molar-refractivity contribution in [2.45, 2.75) is 83.1 Å². The van der Waals surface area contributed by atoms with Crippen LogP contribution in [-0.2, 0) is 0 Å². The Morgan fingerprint density at radius 3 is 0.697 bits per heavy atom. The van der Waals surface area contributed by atoms with Crippen LogP contribution in [0.5, 0.6) is 11.5 Å². The minimum absolute atomic E-state index is 0.281. The zero-order chi connectivity index (χ0) is 89.3. The lowest BCUT2D eigenvalue weighted by Crippen LogP contribution is -2.66. The Balaban J connectivity index is 0.848. The molecular formula is C120H97B3N8O. The number of hydrogen-bond acceptors (Lipinski definition) is 9. The summed E-state index contributed by atoms with van der Waals surface area (Å²) in [6.07, 6.45) is 0. The van der Waals surface area contributed by atoms with Crippen molar-refractivity contribution in [1.82, 2.24) is 0 Å². The van der Waals surface area contributed by atoms with Crippen molar-refractivity contribution >= 4 is 206 Å².